The lowest BCUT2D eigenvalue weighted by Gasteiger charge is -2.13. The molecule has 1 atom stereocenters. The molecule has 0 saturated heterocycles. The summed E-state index contributed by atoms with van der Waals surface area (Å²) < 4.78 is 1.20. The quantitative estimate of drug-likeness (QED) is 0.808. The number of thiophene rings is 1. The third-order valence-corrected chi connectivity index (χ3v) is 4.54. The van der Waals surface area contributed by atoms with E-state index in [0.29, 0.717) is 10.8 Å². The van der Waals surface area contributed by atoms with Crippen molar-refractivity contribution in [1.82, 2.24) is 15.1 Å². The number of hydrogen-bond acceptors (Lipinski definition) is 4. The minimum Gasteiger partial charge on any atom is -0.343 e. The Morgan fingerprint density at radius 2 is 1.95 bits per heavy atom. The second kappa shape index (κ2) is 5.73. The Balaban J connectivity index is 2.01. The molecule has 3 aromatic rings. The standard InChI is InChI=1S/C16H15N3O2S/c1-10(13-8-5-9-22-13)17-15(20)14-11-6-3-4-7-12(11)16(21)19(2)18-14/h3-10H,1-2H3,(H,17,20)/t10-/m1/s1. The lowest BCUT2D eigenvalue weighted by molar-refractivity contribution is 0.0935. The number of nitrogens with one attached hydrogen (secondary N) is 1. The highest BCUT2D eigenvalue weighted by molar-refractivity contribution is 7.10. The maximum Gasteiger partial charge on any atom is 0.274 e. The number of carbonyl (C=O) groups is 1. The molecule has 0 saturated carbocycles. The maximum absolute atomic E-state index is 12.5. The van der Waals surface area contributed by atoms with E-state index >= 15 is 0 Å². The summed E-state index contributed by atoms with van der Waals surface area (Å²) in [6.07, 6.45) is 0. The summed E-state index contributed by atoms with van der Waals surface area (Å²) in [4.78, 5) is 25.7. The van der Waals surface area contributed by atoms with Gasteiger partial charge in [-0.1, -0.05) is 24.3 Å². The first-order chi connectivity index (χ1) is 10.6. The summed E-state index contributed by atoms with van der Waals surface area (Å²) in [5.74, 6) is -0.285. The number of carbonyl (C=O) groups excluding carboxylic acids is 1. The fourth-order valence-corrected chi connectivity index (χ4v) is 3.08. The minimum atomic E-state index is -0.285. The third kappa shape index (κ3) is 2.53. The van der Waals surface area contributed by atoms with E-state index in [-0.39, 0.29) is 23.2 Å². The summed E-state index contributed by atoms with van der Waals surface area (Å²) in [5.41, 5.74) is 0.0551. The number of aryl methyl sites for hydroxylation is 1. The van der Waals surface area contributed by atoms with Crippen molar-refractivity contribution in [3.8, 4) is 0 Å². The molecule has 0 spiro atoms. The van der Waals surface area contributed by atoms with Gasteiger partial charge in [0, 0.05) is 17.3 Å². The Labute approximate surface area is 131 Å². The predicted molar refractivity (Wildman–Crippen MR) is 87.2 cm³/mol. The topological polar surface area (TPSA) is 64.0 Å². The molecule has 1 aromatic carbocycles. The van der Waals surface area contributed by atoms with Gasteiger partial charge in [0.15, 0.2) is 5.69 Å². The molecule has 1 amide bonds. The van der Waals surface area contributed by atoms with E-state index in [9.17, 15) is 9.59 Å². The third-order valence-electron chi connectivity index (χ3n) is 3.49. The van der Waals surface area contributed by atoms with E-state index in [2.05, 4.69) is 10.4 Å². The zero-order valence-electron chi connectivity index (χ0n) is 12.2. The second-order valence-electron chi connectivity index (χ2n) is 5.03. The number of amides is 1. The Morgan fingerprint density at radius 1 is 1.23 bits per heavy atom. The van der Waals surface area contributed by atoms with E-state index in [1.54, 1.807) is 42.6 Å². The molecule has 0 aliphatic carbocycles. The first-order valence-corrected chi connectivity index (χ1v) is 7.76. The summed E-state index contributed by atoms with van der Waals surface area (Å²) in [5, 5.41) is 10.1. The number of fused-ring (bicyclic) bond motifs is 1. The summed E-state index contributed by atoms with van der Waals surface area (Å²) in [6.45, 7) is 1.92. The first kappa shape index (κ1) is 14.5. The van der Waals surface area contributed by atoms with Gasteiger partial charge in [0.05, 0.1) is 11.4 Å². The van der Waals surface area contributed by atoms with Gasteiger partial charge in [-0.3, -0.25) is 9.59 Å². The summed E-state index contributed by atoms with van der Waals surface area (Å²) >= 11 is 1.59. The molecular formula is C16H15N3O2S. The molecule has 0 fully saturated rings. The van der Waals surface area contributed by atoms with Crippen molar-refractivity contribution in [2.24, 2.45) is 7.05 Å². The molecular weight excluding hydrogens is 298 g/mol. The Bertz CT molecular complexity index is 884. The predicted octanol–water partition coefficient (Wildman–Crippen LogP) is 2.49. The molecule has 0 bridgehead atoms. The second-order valence-corrected chi connectivity index (χ2v) is 6.01. The van der Waals surface area contributed by atoms with E-state index in [4.69, 9.17) is 0 Å². The van der Waals surface area contributed by atoms with Crippen LogP contribution in [0.2, 0.25) is 0 Å². The van der Waals surface area contributed by atoms with E-state index in [1.165, 1.54) is 4.68 Å². The van der Waals surface area contributed by atoms with Crippen LogP contribution >= 0.6 is 11.3 Å². The van der Waals surface area contributed by atoms with Crippen molar-refractivity contribution in [2.45, 2.75) is 13.0 Å². The smallest absolute Gasteiger partial charge is 0.274 e. The number of benzene rings is 1. The van der Waals surface area contributed by atoms with Crippen molar-refractivity contribution in [2.75, 3.05) is 0 Å². The van der Waals surface area contributed by atoms with Crippen molar-refractivity contribution in [3.05, 3.63) is 62.7 Å². The van der Waals surface area contributed by atoms with Gasteiger partial charge in [0.2, 0.25) is 0 Å². The molecule has 2 heterocycles. The monoisotopic (exact) mass is 313 g/mol. The van der Waals surface area contributed by atoms with Crippen LogP contribution in [-0.2, 0) is 7.05 Å². The molecule has 5 nitrogen and oxygen atoms in total. The molecule has 6 heteroatoms. The van der Waals surface area contributed by atoms with Crippen molar-refractivity contribution >= 4 is 28.0 Å². The normalized spacial score (nSPS) is 12.3. The zero-order valence-corrected chi connectivity index (χ0v) is 13.1. The fraction of sp³-hybridized carbons (Fsp3) is 0.188. The lowest BCUT2D eigenvalue weighted by Crippen LogP contribution is -2.30. The fourth-order valence-electron chi connectivity index (χ4n) is 2.34. The summed E-state index contributed by atoms with van der Waals surface area (Å²) in [6, 6.07) is 10.8. The zero-order chi connectivity index (χ0) is 15.7. The van der Waals surface area contributed by atoms with Crippen molar-refractivity contribution in [3.63, 3.8) is 0 Å². The molecule has 0 aliphatic rings. The first-order valence-electron chi connectivity index (χ1n) is 6.88. The van der Waals surface area contributed by atoms with E-state index in [1.807, 2.05) is 24.4 Å². The van der Waals surface area contributed by atoms with Crippen LogP contribution in [0.4, 0.5) is 0 Å². The lowest BCUT2D eigenvalue weighted by atomic mass is 10.1. The van der Waals surface area contributed by atoms with Gasteiger partial charge in [-0.15, -0.1) is 11.3 Å². The van der Waals surface area contributed by atoms with Crippen LogP contribution in [0.15, 0.2) is 46.6 Å². The highest BCUT2D eigenvalue weighted by Crippen LogP contribution is 2.19. The highest BCUT2D eigenvalue weighted by atomic mass is 32.1. The van der Waals surface area contributed by atoms with Gasteiger partial charge in [-0.25, -0.2) is 4.68 Å². The van der Waals surface area contributed by atoms with Crippen LogP contribution in [0.1, 0.15) is 28.3 Å². The minimum absolute atomic E-state index is 0.106. The van der Waals surface area contributed by atoms with Gasteiger partial charge in [-0.2, -0.15) is 5.10 Å². The average Bonchev–Trinajstić information content (AvgIpc) is 3.05. The molecule has 0 unspecified atom stereocenters. The average molecular weight is 313 g/mol. The molecule has 1 N–H and O–H groups in total. The van der Waals surface area contributed by atoms with Crippen LogP contribution < -0.4 is 10.9 Å². The van der Waals surface area contributed by atoms with Crippen LogP contribution in [0.25, 0.3) is 10.8 Å². The van der Waals surface area contributed by atoms with E-state index in [0.717, 1.165) is 4.88 Å². The number of nitrogens with zero attached hydrogens (tertiary/aromatic N) is 2. The molecule has 3 rings (SSSR count). The van der Waals surface area contributed by atoms with Gasteiger partial charge >= 0.3 is 0 Å². The molecule has 0 radical (unpaired) electrons. The maximum atomic E-state index is 12.5. The molecule has 112 valence electrons. The largest absolute Gasteiger partial charge is 0.343 e. The van der Waals surface area contributed by atoms with Crippen LogP contribution in [0.3, 0.4) is 0 Å². The van der Waals surface area contributed by atoms with Gasteiger partial charge < -0.3 is 5.32 Å². The van der Waals surface area contributed by atoms with E-state index < -0.39 is 0 Å². The molecule has 0 aliphatic heterocycles. The highest BCUT2D eigenvalue weighted by Gasteiger charge is 2.18. The van der Waals surface area contributed by atoms with Gasteiger partial charge in [0.1, 0.15) is 0 Å². The van der Waals surface area contributed by atoms with Crippen molar-refractivity contribution in [1.29, 1.82) is 0 Å². The Morgan fingerprint density at radius 3 is 2.64 bits per heavy atom. The number of aromatic nitrogens is 2. The molecule has 22 heavy (non-hydrogen) atoms. The summed E-state index contributed by atoms with van der Waals surface area (Å²) in [7, 11) is 1.55. The SMILES string of the molecule is C[C@@H](NC(=O)c1nn(C)c(=O)c2ccccc12)c1cccs1. The van der Waals surface area contributed by atoms with Crippen molar-refractivity contribution < 1.29 is 4.79 Å². The van der Waals surface area contributed by atoms with Gasteiger partial charge in [-0.05, 0) is 24.4 Å². The Hall–Kier alpha value is -2.47. The van der Waals surface area contributed by atoms with Gasteiger partial charge in [0.25, 0.3) is 11.5 Å². The van der Waals surface area contributed by atoms with Crippen LogP contribution in [-0.4, -0.2) is 15.7 Å². The van der Waals surface area contributed by atoms with Crippen LogP contribution in [0, 0.1) is 0 Å². The number of rotatable bonds is 3. The Kier molecular flexibility index (Phi) is 3.77. The van der Waals surface area contributed by atoms with Crippen LogP contribution in [0.5, 0.6) is 0 Å². The number of hydrogen-bond donors (Lipinski definition) is 1. The molecule has 2 aromatic heterocycles.